The maximum Gasteiger partial charge on any atom is 0.222 e. The first-order valence-electron chi connectivity index (χ1n) is 22.7. The molecule has 0 heterocycles. The van der Waals surface area contributed by atoms with Crippen molar-refractivity contribution in [2.45, 2.75) is 265 Å². The second kappa shape index (κ2) is 42.4. The number of nitrogens with zero attached hydrogens (tertiary/aromatic N) is 1. The lowest BCUT2D eigenvalue weighted by molar-refractivity contribution is -0.131. The Kier molecular flexibility index (Phi) is 41.7. The molecule has 0 aliphatic carbocycles. The summed E-state index contributed by atoms with van der Waals surface area (Å²) in [6, 6.07) is 0. The molecule has 0 spiro atoms. The van der Waals surface area contributed by atoms with Crippen molar-refractivity contribution in [1.29, 1.82) is 0 Å². The summed E-state index contributed by atoms with van der Waals surface area (Å²) in [4.78, 5) is 15.5. The first-order valence-corrected chi connectivity index (χ1v) is 22.7. The number of allylic oxidation sites excluding steroid dienone is 2. The van der Waals surface area contributed by atoms with Crippen molar-refractivity contribution in [2.75, 3.05) is 13.1 Å². The van der Waals surface area contributed by atoms with Crippen LogP contribution in [0.3, 0.4) is 0 Å². The van der Waals surface area contributed by atoms with Gasteiger partial charge in [-0.1, -0.05) is 226 Å². The summed E-state index contributed by atoms with van der Waals surface area (Å²) in [5.74, 6) is 0.443. The SMILES string of the molecule is CCCCCCCC/C=C\CCCCCCCC(=O)N(CCCCCCCCCCCCCC)CCCCCCCCCCCCCC. The normalized spacial score (nSPS) is 11.6. The minimum absolute atomic E-state index is 0.443. The number of hydrogen-bond acceptors (Lipinski definition) is 1. The third-order valence-corrected chi connectivity index (χ3v) is 10.6. The van der Waals surface area contributed by atoms with Gasteiger partial charge in [0.2, 0.25) is 5.91 Å². The van der Waals surface area contributed by atoms with Crippen molar-refractivity contribution in [3.05, 3.63) is 12.2 Å². The van der Waals surface area contributed by atoms with Crippen LogP contribution in [-0.4, -0.2) is 23.9 Å². The van der Waals surface area contributed by atoms with Gasteiger partial charge in [-0.25, -0.2) is 0 Å². The number of unbranched alkanes of at least 4 members (excludes halogenated alkanes) is 33. The molecule has 0 aliphatic rings. The van der Waals surface area contributed by atoms with Crippen LogP contribution in [0.15, 0.2) is 12.2 Å². The van der Waals surface area contributed by atoms with Crippen LogP contribution in [0, 0.1) is 0 Å². The van der Waals surface area contributed by atoms with Gasteiger partial charge in [0, 0.05) is 19.5 Å². The van der Waals surface area contributed by atoms with E-state index in [1.54, 1.807) is 0 Å². The van der Waals surface area contributed by atoms with Gasteiger partial charge in [0.15, 0.2) is 0 Å². The zero-order chi connectivity index (χ0) is 34.9. The van der Waals surface area contributed by atoms with E-state index in [1.165, 1.54) is 231 Å². The van der Waals surface area contributed by atoms with Crippen molar-refractivity contribution in [1.82, 2.24) is 4.90 Å². The maximum atomic E-state index is 13.3. The summed E-state index contributed by atoms with van der Waals surface area (Å²) >= 11 is 0. The molecule has 0 fully saturated rings. The Morgan fingerprint density at radius 1 is 0.333 bits per heavy atom. The number of hydrogen-bond donors (Lipinski definition) is 0. The van der Waals surface area contributed by atoms with Gasteiger partial charge in [-0.15, -0.1) is 0 Å². The Balaban J connectivity index is 4.09. The molecule has 0 atom stereocenters. The first kappa shape index (κ1) is 47.2. The van der Waals surface area contributed by atoms with Gasteiger partial charge < -0.3 is 4.90 Å². The van der Waals surface area contributed by atoms with Gasteiger partial charge >= 0.3 is 0 Å². The molecule has 0 radical (unpaired) electrons. The molecule has 0 saturated heterocycles. The molecule has 2 heteroatoms. The van der Waals surface area contributed by atoms with E-state index in [2.05, 4.69) is 37.8 Å². The summed E-state index contributed by atoms with van der Waals surface area (Å²) < 4.78 is 0. The van der Waals surface area contributed by atoms with Crippen molar-refractivity contribution in [2.24, 2.45) is 0 Å². The van der Waals surface area contributed by atoms with E-state index in [0.29, 0.717) is 5.91 Å². The van der Waals surface area contributed by atoms with E-state index < -0.39 is 0 Å². The number of carbonyl (C=O) groups is 1. The van der Waals surface area contributed by atoms with Crippen LogP contribution in [0.25, 0.3) is 0 Å². The first-order chi connectivity index (χ1) is 23.8. The van der Waals surface area contributed by atoms with Crippen molar-refractivity contribution < 1.29 is 4.79 Å². The van der Waals surface area contributed by atoms with Crippen LogP contribution in [0.5, 0.6) is 0 Å². The Morgan fingerprint density at radius 2 is 0.583 bits per heavy atom. The minimum Gasteiger partial charge on any atom is -0.343 e. The molecule has 0 aliphatic heterocycles. The van der Waals surface area contributed by atoms with Gasteiger partial charge in [-0.05, 0) is 44.9 Å². The summed E-state index contributed by atoms with van der Waals surface area (Å²) in [6.07, 6.45) is 55.8. The largest absolute Gasteiger partial charge is 0.343 e. The number of amides is 1. The molecule has 0 bridgehead atoms. The fourth-order valence-corrected chi connectivity index (χ4v) is 7.15. The van der Waals surface area contributed by atoms with E-state index >= 15 is 0 Å². The van der Waals surface area contributed by atoms with E-state index in [-0.39, 0.29) is 0 Å². The minimum atomic E-state index is 0.443. The predicted octanol–water partition coefficient (Wildman–Crippen LogP) is 16.3. The zero-order valence-corrected chi connectivity index (χ0v) is 33.8. The van der Waals surface area contributed by atoms with Crippen LogP contribution < -0.4 is 0 Å². The van der Waals surface area contributed by atoms with E-state index in [1.807, 2.05) is 0 Å². The lowest BCUT2D eigenvalue weighted by Crippen LogP contribution is -2.32. The third-order valence-electron chi connectivity index (χ3n) is 10.6. The lowest BCUT2D eigenvalue weighted by atomic mass is 10.0. The Bertz CT molecular complexity index is 600. The molecule has 1 amide bonds. The molecule has 0 rings (SSSR count). The Hall–Kier alpha value is -0.790. The summed E-state index contributed by atoms with van der Waals surface area (Å²) in [5.41, 5.74) is 0. The molecule has 0 aromatic carbocycles. The summed E-state index contributed by atoms with van der Waals surface area (Å²) in [6.45, 7) is 8.89. The second-order valence-corrected chi connectivity index (χ2v) is 15.5. The molecule has 0 aromatic heterocycles. The van der Waals surface area contributed by atoms with Crippen LogP contribution in [-0.2, 0) is 4.79 Å². The zero-order valence-electron chi connectivity index (χ0n) is 33.8. The highest BCUT2D eigenvalue weighted by Crippen LogP contribution is 2.16. The van der Waals surface area contributed by atoms with Gasteiger partial charge in [-0.3, -0.25) is 4.79 Å². The summed E-state index contributed by atoms with van der Waals surface area (Å²) in [7, 11) is 0. The molecule has 0 unspecified atom stereocenters. The highest BCUT2D eigenvalue weighted by molar-refractivity contribution is 5.76. The third kappa shape index (κ3) is 38.0. The molecule has 0 N–H and O–H groups in total. The number of carbonyl (C=O) groups excluding carboxylic acids is 1. The van der Waals surface area contributed by atoms with Crippen molar-refractivity contribution in [3.8, 4) is 0 Å². The quantitative estimate of drug-likeness (QED) is 0.0467. The lowest BCUT2D eigenvalue weighted by Gasteiger charge is -2.23. The summed E-state index contributed by atoms with van der Waals surface area (Å²) in [5, 5.41) is 0. The standard InChI is InChI=1S/C46H91NO/c1-4-7-10-13-16-19-22-25-26-27-28-31-34-37-40-43-46(48)47(44-41-38-35-32-29-23-20-17-14-11-8-5-2)45-42-39-36-33-30-24-21-18-15-12-9-6-3/h25-26H,4-24,27-45H2,1-3H3/b26-25-. The molecule has 286 valence electrons. The monoisotopic (exact) mass is 674 g/mol. The van der Waals surface area contributed by atoms with Gasteiger partial charge in [0.1, 0.15) is 0 Å². The highest BCUT2D eigenvalue weighted by atomic mass is 16.2. The molecule has 0 aromatic rings. The van der Waals surface area contributed by atoms with Crippen LogP contribution in [0.1, 0.15) is 265 Å². The molecule has 2 nitrogen and oxygen atoms in total. The van der Waals surface area contributed by atoms with Gasteiger partial charge in [-0.2, -0.15) is 0 Å². The number of rotatable bonds is 41. The maximum absolute atomic E-state index is 13.3. The molecular weight excluding hydrogens is 583 g/mol. The van der Waals surface area contributed by atoms with E-state index in [4.69, 9.17) is 0 Å². The molecular formula is C46H91NO. The van der Waals surface area contributed by atoms with Crippen molar-refractivity contribution in [3.63, 3.8) is 0 Å². The van der Waals surface area contributed by atoms with E-state index in [9.17, 15) is 4.79 Å². The fraction of sp³-hybridized carbons (Fsp3) is 0.935. The average Bonchev–Trinajstić information content (AvgIpc) is 3.09. The predicted molar refractivity (Wildman–Crippen MR) is 218 cm³/mol. The smallest absolute Gasteiger partial charge is 0.222 e. The van der Waals surface area contributed by atoms with Gasteiger partial charge in [0.05, 0.1) is 0 Å². The Morgan fingerprint density at radius 3 is 0.896 bits per heavy atom. The highest BCUT2D eigenvalue weighted by Gasteiger charge is 2.12. The van der Waals surface area contributed by atoms with Crippen LogP contribution in [0.4, 0.5) is 0 Å². The van der Waals surface area contributed by atoms with Crippen LogP contribution in [0.2, 0.25) is 0 Å². The van der Waals surface area contributed by atoms with Crippen molar-refractivity contribution >= 4 is 5.91 Å². The van der Waals surface area contributed by atoms with Crippen LogP contribution >= 0.6 is 0 Å². The van der Waals surface area contributed by atoms with E-state index in [0.717, 1.165) is 25.9 Å². The molecule has 48 heavy (non-hydrogen) atoms. The topological polar surface area (TPSA) is 20.3 Å². The molecule has 0 saturated carbocycles. The second-order valence-electron chi connectivity index (χ2n) is 15.5. The fourth-order valence-electron chi connectivity index (χ4n) is 7.15. The van der Waals surface area contributed by atoms with Gasteiger partial charge in [0.25, 0.3) is 0 Å². The Labute approximate surface area is 304 Å². The average molecular weight is 674 g/mol.